The molecule has 246 valence electrons. The maximum atomic E-state index is 6.85. The molecule has 8 aromatic carbocycles. The Balaban J connectivity index is 1.19. The van der Waals surface area contributed by atoms with Gasteiger partial charge < -0.3 is 9.32 Å². The van der Waals surface area contributed by atoms with Gasteiger partial charge in [-0.05, 0) is 86.6 Å². The topological polar surface area (TPSA) is 16.4 Å². The standard InChI is InChI=1S/C50H35NO/c1-2-15-35(16-3-1)42-24-8-10-29-47(42)51(39-22-12-21-38(31-39)41-26-13-20-34-17-6-7-23-40(34)41)48-30-11-9-25-43(48)44-27-14-28-45-46-32-36-18-4-5-19-37(36)33-49(46)52-50(44)45/h1-26,28-33,44H,27H2. The zero-order chi connectivity index (χ0) is 34.4. The summed E-state index contributed by atoms with van der Waals surface area (Å²) in [6.45, 7) is 0. The number of allylic oxidation sites excluding steroid dienone is 1. The van der Waals surface area contributed by atoms with Crippen LogP contribution in [0.2, 0.25) is 0 Å². The molecule has 2 heteroatoms. The molecule has 0 saturated carbocycles. The van der Waals surface area contributed by atoms with Gasteiger partial charge in [0.15, 0.2) is 0 Å². The zero-order valence-corrected chi connectivity index (χ0v) is 28.6. The van der Waals surface area contributed by atoms with Gasteiger partial charge in [-0.25, -0.2) is 0 Å². The smallest absolute Gasteiger partial charge is 0.135 e. The molecule has 0 bridgehead atoms. The van der Waals surface area contributed by atoms with Crippen LogP contribution in [0.4, 0.5) is 17.1 Å². The number of benzene rings is 8. The minimum Gasteiger partial charge on any atom is -0.460 e. The Bertz CT molecular complexity index is 2780. The van der Waals surface area contributed by atoms with E-state index in [1.54, 1.807) is 0 Å². The van der Waals surface area contributed by atoms with Crippen molar-refractivity contribution in [3.05, 3.63) is 205 Å². The predicted octanol–water partition coefficient (Wildman–Crippen LogP) is 14.1. The zero-order valence-electron chi connectivity index (χ0n) is 28.6. The molecule has 0 saturated heterocycles. The molecule has 1 aliphatic rings. The Morgan fingerprint density at radius 2 is 1.13 bits per heavy atom. The monoisotopic (exact) mass is 665 g/mol. The van der Waals surface area contributed by atoms with Crippen LogP contribution >= 0.6 is 0 Å². The Kier molecular flexibility index (Phi) is 7.32. The molecule has 1 aliphatic carbocycles. The molecule has 52 heavy (non-hydrogen) atoms. The summed E-state index contributed by atoms with van der Waals surface area (Å²) in [6.07, 6.45) is 5.43. The number of furan rings is 1. The van der Waals surface area contributed by atoms with Crippen LogP contribution < -0.4 is 4.90 Å². The number of hydrogen-bond acceptors (Lipinski definition) is 2. The fourth-order valence-corrected chi connectivity index (χ4v) is 8.16. The van der Waals surface area contributed by atoms with E-state index in [1.807, 2.05) is 0 Å². The first-order chi connectivity index (χ1) is 25.8. The van der Waals surface area contributed by atoms with Crippen LogP contribution in [-0.4, -0.2) is 0 Å². The number of nitrogens with zero attached hydrogens (tertiary/aromatic N) is 1. The Morgan fingerprint density at radius 1 is 0.481 bits per heavy atom. The second kappa shape index (κ2) is 12.6. The van der Waals surface area contributed by atoms with Crippen LogP contribution in [0.25, 0.3) is 60.8 Å². The number of para-hydroxylation sites is 2. The van der Waals surface area contributed by atoms with E-state index in [-0.39, 0.29) is 5.92 Å². The molecule has 0 aliphatic heterocycles. The van der Waals surface area contributed by atoms with Gasteiger partial charge in [0.2, 0.25) is 0 Å². The van der Waals surface area contributed by atoms with Gasteiger partial charge in [0.05, 0.1) is 11.4 Å². The third kappa shape index (κ3) is 5.11. The number of fused-ring (bicyclic) bond motifs is 5. The van der Waals surface area contributed by atoms with Crippen LogP contribution in [0.5, 0.6) is 0 Å². The molecule has 9 aromatic rings. The van der Waals surface area contributed by atoms with Gasteiger partial charge in [-0.3, -0.25) is 0 Å². The van der Waals surface area contributed by atoms with E-state index in [2.05, 4.69) is 199 Å². The first-order valence-electron chi connectivity index (χ1n) is 18.0. The summed E-state index contributed by atoms with van der Waals surface area (Å²) in [4.78, 5) is 2.46. The summed E-state index contributed by atoms with van der Waals surface area (Å²) < 4.78 is 6.85. The molecule has 1 aromatic heterocycles. The van der Waals surface area contributed by atoms with E-state index in [4.69, 9.17) is 4.42 Å². The molecule has 0 N–H and O–H groups in total. The van der Waals surface area contributed by atoms with Crippen LogP contribution in [0.1, 0.15) is 29.2 Å². The van der Waals surface area contributed by atoms with E-state index >= 15 is 0 Å². The summed E-state index contributed by atoms with van der Waals surface area (Å²) in [6, 6.07) is 65.7. The van der Waals surface area contributed by atoms with Gasteiger partial charge >= 0.3 is 0 Å². The lowest BCUT2D eigenvalue weighted by molar-refractivity contribution is 0.517. The predicted molar refractivity (Wildman–Crippen MR) is 219 cm³/mol. The molecule has 0 amide bonds. The number of rotatable bonds is 6. The molecule has 2 nitrogen and oxygen atoms in total. The Labute approximate surface area is 303 Å². The third-order valence-corrected chi connectivity index (χ3v) is 10.6. The van der Waals surface area contributed by atoms with Gasteiger partial charge in [0.25, 0.3) is 0 Å². The second-order valence-electron chi connectivity index (χ2n) is 13.6. The highest BCUT2D eigenvalue weighted by Gasteiger charge is 2.30. The van der Waals surface area contributed by atoms with Crippen LogP contribution in [-0.2, 0) is 0 Å². The van der Waals surface area contributed by atoms with Gasteiger partial charge in [0.1, 0.15) is 11.3 Å². The maximum absolute atomic E-state index is 6.85. The molecule has 0 spiro atoms. The van der Waals surface area contributed by atoms with Gasteiger partial charge in [0, 0.05) is 28.1 Å². The van der Waals surface area contributed by atoms with Crippen molar-refractivity contribution in [3.63, 3.8) is 0 Å². The van der Waals surface area contributed by atoms with Crippen molar-refractivity contribution in [3.8, 4) is 22.3 Å². The Hall–Kier alpha value is -6.64. The first-order valence-corrected chi connectivity index (χ1v) is 18.0. The van der Waals surface area contributed by atoms with Crippen molar-refractivity contribution in [2.45, 2.75) is 12.3 Å². The van der Waals surface area contributed by atoms with E-state index < -0.39 is 0 Å². The van der Waals surface area contributed by atoms with Crippen molar-refractivity contribution in [1.29, 1.82) is 0 Å². The van der Waals surface area contributed by atoms with E-state index in [0.29, 0.717) is 0 Å². The van der Waals surface area contributed by atoms with Crippen LogP contribution in [0.15, 0.2) is 192 Å². The molecular weight excluding hydrogens is 631 g/mol. The van der Waals surface area contributed by atoms with Gasteiger partial charge in [-0.15, -0.1) is 0 Å². The molecule has 10 rings (SSSR count). The fourth-order valence-electron chi connectivity index (χ4n) is 8.16. The van der Waals surface area contributed by atoms with Gasteiger partial charge in [-0.1, -0.05) is 158 Å². The molecular formula is C50H35NO. The third-order valence-electron chi connectivity index (χ3n) is 10.6. The lowest BCUT2D eigenvalue weighted by atomic mass is 9.85. The highest BCUT2D eigenvalue weighted by Crippen LogP contribution is 2.49. The van der Waals surface area contributed by atoms with Crippen molar-refractivity contribution >= 4 is 55.7 Å². The SMILES string of the molecule is C1=Cc2c(oc3cc4ccccc4cc23)C(c2ccccc2N(c2cccc(-c3cccc4ccccc34)c2)c2ccccc2-c2ccccc2)C1. The summed E-state index contributed by atoms with van der Waals surface area (Å²) in [5, 5.41) is 6.07. The van der Waals surface area contributed by atoms with E-state index in [9.17, 15) is 0 Å². The van der Waals surface area contributed by atoms with Crippen LogP contribution in [0.3, 0.4) is 0 Å². The van der Waals surface area contributed by atoms with Crippen molar-refractivity contribution < 1.29 is 4.42 Å². The quantitative estimate of drug-likeness (QED) is 0.176. The molecule has 1 unspecified atom stereocenters. The van der Waals surface area contributed by atoms with Crippen molar-refractivity contribution in [2.24, 2.45) is 0 Å². The first kappa shape index (κ1) is 30.2. The van der Waals surface area contributed by atoms with Crippen molar-refractivity contribution in [2.75, 3.05) is 4.90 Å². The minimum atomic E-state index is 0.0411. The minimum absolute atomic E-state index is 0.0411. The van der Waals surface area contributed by atoms with E-state index in [1.165, 1.54) is 60.3 Å². The molecule has 1 heterocycles. The van der Waals surface area contributed by atoms with Crippen molar-refractivity contribution in [1.82, 2.24) is 0 Å². The maximum Gasteiger partial charge on any atom is 0.135 e. The summed E-state index contributed by atoms with van der Waals surface area (Å²) in [5.74, 6) is 1.07. The fraction of sp³-hybridized carbons (Fsp3) is 0.0400. The molecule has 0 radical (unpaired) electrons. The average Bonchev–Trinajstić information content (AvgIpc) is 3.58. The number of hydrogen-bond donors (Lipinski definition) is 0. The lowest BCUT2D eigenvalue weighted by Gasteiger charge is -2.32. The van der Waals surface area contributed by atoms with Crippen LogP contribution in [0, 0.1) is 0 Å². The summed E-state index contributed by atoms with van der Waals surface area (Å²) in [7, 11) is 0. The largest absolute Gasteiger partial charge is 0.460 e. The molecule has 1 atom stereocenters. The highest BCUT2D eigenvalue weighted by molar-refractivity contribution is 6.01. The van der Waals surface area contributed by atoms with E-state index in [0.717, 1.165) is 34.8 Å². The average molecular weight is 666 g/mol. The summed E-state index contributed by atoms with van der Waals surface area (Å²) >= 11 is 0. The normalized spacial score (nSPS) is 13.8. The Morgan fingerprint density at radius 3 is 2.02 bits per heavy atom. The lowest BCUT2D eigenvalue weighted by Crippen LogP contribution is -2.16. The second-order valence-corrected chi connectivity index (χ2v) is 13.6. The summed E-state index contributed by atoms with van der Waals surface area (Å²) in [5.41, 5.74) is 11.5. The highest BCUT2D eigenvalue weighted by atomic mass is 16.3. The van der Waals surface area contributed by atoms with Gasteiger partial charge in [-0.2, -0.15) is 0 Å². The molecule has 0 fully saturated rings. The number of anilines is 3.